The maximum Gasteiger partial charge on any atom is 0.322 e. The second-order valence-electron chi connectivity index (χ2n) is 3.45. The smallest absolute Gasteiger partial charge is 0.322 e. The number of nitrogens with two attached hydrogens (primary N) is 1. The Bertz CT molecular complexity index is 241. The molecule has 5 nitrogen and oxygen atoms in total. The van der Waals surface area contributed by atoms with Crippen molar-refractivity contribution in [1.29, 1.82) is 0 Å². The minimum atomic E-state index is -0.719. The quantitative estimate of drug-likeness (QED) is 0.357. The summed E-state index contributed by atoms with van der Waals surface area (Å²) in [6.07, 6.45) is 4.10. The Balaban J connectivity index is 3.57. The highest BCUT2D eigenvalue weighted by Gasteiger charge is 2.14. The number of ether oxygens (including phenoxy) is 1. The molecule has 3 N–H and O–H groups in total. The van der Waals surface area contributed by atoms with Crippen LogP contribution in [0.4, 0.5) is 0 Å². The van der Waals surface area contributed by atoms with Crippen LogP contribution in [0.15, 0.2) is 12.7 Å². The van der Waals surface area contributed by atoms with Crippen molar-refractivity contribution >= 4 is 11.9 Å². The Morgan fingerprint density at radius 3 is 2.81 bits per heavy atom. The van der Waals surface area contributed by atoms with E-state index >= 15 is 0 Å². The number of hydrogen-bond acceptors (Lipinski definition) is 4. The van der Waals surface area contributed by atoms with Crippen molar-refractivity contribution < 1.29 is 14.3 Å². The lowest BCUT2D eigenvalue weighted by Gasteiger charge is -2.08. The molecule has 0 aromatic carbocycles. The second-order valence-corrected chi connectivity index (χ2v) is 3.45. The van der Waals surface area contributed by atoms with Gasteiger partial charge >= 0.3 is 5.97 Å². The van der Waals surface area contributed by atoms with E-state index in [0.29, 0.717) is 13.0 Å². The Morgan fingerprint density at radius 1 is 1.56 bits per heavy atom. The SMILES string of the molecule is C=CCCCNC(=O)CC[C@H](N)C(=O)OC. The summed E-state index contributed by atoms with van der Waals surface area (Å²) < 4.78 is 4.45. The van der Waals surface area contributed by atoms with Crippen LogP contribution in [0.3, 0.4) is 0 Å². The van der Waals surface area contributed by atoms with Crippen LogP contribution in [0.2, 0.25) is 0 Å². The fraction of sp³-hybridized carbons (Fsp3) is 0.636. The van der Waals surface area contributed by atoms with Gasteiger partial charge in [-0.1, -0.05) is 6.08 Å². The first kappa shape index (κ1) is 14.6. The highest BCUT2D eigenvalue weighted by molar-refractivity contribution is 5.79. The molecule has 0 saturated heterocycles. The highest BCUT2D eigenvalue weighted by atomic mass is 16.5. The average Bonchev–Trinajstić information content (AvgIpc) is 2.30. The number of methoxy groups -OCH3 is 1. The van der Waals surface area contributed by atoms with Gasteiger partial charge in [0.15, 0.2) is 0 Å². The highest BCUT2D eigenvalue weighted by Crippen LogP contribution is 1.97. The van der Waals surface area contributed by atoms with Crippen LogP contribution < -0.4 is 11.1 Å². The molecular weight excluding hydrogens is 208 g/mol. The molecule has 0 rings (SSSR count). The number of unbranched alkanes of at least 4 members (excludes halogenated alkanes) is 1. The van der Waals surface area contributed by atoms with Gasteiger partial charge in [-0.3, -0.25) is 9.59 Å². The largest absolute Gasteiger partial charge is 0.468 e. The van der Waals surface area contributed by atoms with Gasteiger partial charge in [0, 0.05) is 13.0 Å². The summed E-state index contributed by atoms with van der Waals surface area (Å²) in [5.74, 6) is -0.581. The lowest BCUT2D eigenvalue weighted by Crippen LogP contribution is -2.34. The summed E-state index contributed by atoms with van der Waals surface area (Å²) in [6, 6.07) is -0.719. The Morgan fingerprint density at radius 2 is 2.25 bits per heavy atom. The molecule has 0 radical (unpaired) electrons. The summed E-state index contributed by atoms with van der Waals surface area (Å²) in [7, 11) is 1.28. The molecule has 0 bridgehead atoms. The number of amides is 1. The van der Waals surface area contributed by atoms with Crippen LogP contribution in [0, 0.1) is 0 Å². The summed E-state index contributed by atoms with van der Waals surface area (Å²) in [5, 5.41) is 2.74. The number of carbonyl (C=O) groups is 2. The standard InChI is InChI=1S/C11H20N2O3/c1-3-4-5-8-13-10(14)7-6-9(12)11(15)16-2/h3,9H,1,4-8,12H2,2H3,(H,13,14)/t9-/m0/s1. The third kappa shape index (κ3) is 7.00. The summed E-state index contributed by atoms with van der Waals surface area (Å²) in [4.78, 5) is 22.2. The van der Waals surface area contributed by atoms with Crippen LogP contribution in [-0.2, 0) is 14.3 Å². The molecule has 0 aliphatic rings. The van der Waals surface area contributed by atoms with Gasteiger partial charge < -0.3 is 15.8 Å². The molecule has 1 amide bonds. The van der Waals surface area contributed by atoms with Gasteiger partial charge in [-0.2, -0.15) is 0 Å². The monoisotopic (exact) mass is 228 g/mol. The normalized spacial score (nSPS) is 11.6. The van der Waals surface area contributed by atoms with E-state index in [-0.39, 0.29) is 12.3 Å². The predicted molar refractivity (Wildman–Crippen MR) is 61.7 cm³/mol. The van der Waals surface area contributed by atoms with Crippen molar-refractivity contribution in [1.82, 2.24) is 5.32 Å². The third-order valence-electron chi connectivity index (χ3n) is 2.09. The van der Waals surface area contributed by atoms with Gasteiger partial charge in [0.2, 0.25) is 5.91 Å². The minimum Gasteiger partial charge on any atom is -0.468 e. The topological polar surface area (TPSA) is 81.4 Å². The first-order chi connectivity index (χ1) is 7.61. The number of hydrogen-bond donors (Lipinski definition) is 2. The van der Waals surface area contributed by atoms with Gasteiger partial charge in [-0.15, -0.1) is 6.58 Å². The number of allylic oxidation sites excluding steroid dienone is 1. The summed E-state index contributed by atoms with van der Waals surface area (Å²) in [5.41, 5.74) is 5.48. The van der Waals surface area contributed by atoms with E-state index in [1.165, 1.54) is 7.11 Å². The van der Waals surface area contributed by atoms with Gasteiger partial charge in [-0.25, -0.2) is 0 Å². The minimum absolute atomic E-state index is 0.0941. The molecule has 16 heavy (non-hydrogen) atoms. The van der Waals surface area contributed by atoms with Crippen LogP contribution in [0.5, 0.6) is 0 Å². The molecule has 5 heteroatoms. The van der Waals surface area contributed by atoms with E-state index < -0.39 is 12.0 Å². The number of carbonyl (C=O) groups excluding carboxylic acids is 2. The van der Waals surface area contributed by atoms with Crippen LogP contribution >= 0.6 is 0 Å². The van der Waals surface area contributed by atoms with E-state index in [4.69, 9.17) is 5.73 Å². The van der Waals surface area contributed by atoms with Gasteiger partial charge in [-0.05, 0) is 19.3 Å². The number of nitrogens with one attached hydrogen (secondary N) is 1. The first-order valence-corrected chi connectivity index (χ1v) is 5.32. The van der Waals surface area contributed by atoms with Gasteiger partial charge in [0.1, 0.15) is 6.04 Å². The third-order valence-corrected chi connectivity index (χ3v) is 2.09. The van der Waals surface area contributed by atoms with E-state index in [1.807, 2.05) is 0 Å². The van der Waals surface area contributed by atoms with Crippen molar-refractivity contribution in [2.24, 2.45) is 5.73 Å². The fourth-order valence-electron chi connectivity index (χ4n) is 1.12. The molecule has 0 spiro atoms. The second kappa shape index (κ2) is 8.91. The van der Waals surface area contributed by atoms with E-state index in [1.54, 1.807) is 6.08 Å². The van der Waals surface area contributed by atoms with Gasteiger partial charge in [0.05, 0.1) is 7.11 Å². The molecule has 0 unspecified atom stereocenters. The van der Waals surface area contributed by atoms with Crippen molar-refractivity contribution in [3.63, 3.8) is 0 Å². The average molecular weight is 228 g/mol. The Kier molecular flexibility index (Phi) is 8.15. The lowest BCUT2D eigenvalue weighted by atomic mass is 10.1. The van der Waals surface area contributed by atoms with E-state index in [2.05, 4.69) is 16.6 Å². The summed E-state index contributed by atoms with van der Waals surface area (Å²) in [6.45, 7) is 4.21. The zero-order valence-electron chi connectivity index (χ0n) is 9.70. The van der Waals surface area contributed by atoms with E-state index in [0.717, 1.165) is 12.8 Å². The molecule has 92 valence electrons. The lowest BCUT2D eigenvalue weighted by molar-refractivity contribution is -0.142. The molecule has 0 aliphatic carbocycles. The summed E-state index contributed by atoms with van der Waals surface area (Å²) >= 11 is 0. The maximum absolute atomic E-state index is 11.3. The van der Waals surface area contributed by atoms with Crippen molar-refractivity contribution in [3.05, 3.63) is 12.7 Å². The van der Waals surface area contributed by atoms with Crippen molar-refractivity contribution in [3.8, 4) is 0 Å². The van der Waals surface area contributed by atoms with Crippen LogP contribution in [0.25, 0.3) is 0 Å². The molecule has 0 heterocycles. The molecule has 0 aromatic rings. The maximum atomic E-state index is 11.3. The van der Waals surface area contributed by atoms with E-state index in [9.17, 15) is 9.59 Å². The zero-order chi connectivity index (χ0) is 12.4. The molecule has 0 aliphatic heterocycles. The molecule has 0 aromatic heterocycles. The molecule has 0 fully saturated rings. The number of esters is 1. The van der Waals surface area contributed by atoms with Crippen molar-refractivity contribution in [2.75, 3.05) is 13.7 Å². The number of rotatable bonds is 8. The molecule has 1 atom stereocenters. The Hall–Kier alpha value is -1.36. The zero-order valence-corrected chi connectivity index (χ0v) is 9.70. The van der Waals surface area contributed by atoms with Crippen LogP contribution in [-0.4, -0.2) is 31.6 Å². The first-order valence-electron chi connectivity index (χ1n) is 5.32. The van der Waals surface area contributed by atoms with Crippen LogP contribution in [0.1, 0.15) is 25.7 Å². The van der Waals surface area contributed by atoms with Crippen molar-refractivity contribution in [2.45, 2.75) is 31.7 Å². The fourth-order valence-corrected chi connectivity index (χ4v) is 1.12. The Labute approximate surface area is 96.0 Å². The molecular formula is C11H20N2O3. The predicted octanol–water partition coefficient (Wildman–Crippen LogP) is 0.349. The molecule has 0 saturated carbocycles. The van der Waals surface area contributed by atoms with Gasteiger partial charge in [0.25, 0.3) is 0 Å².